The summed E-state index contributed by atoms with van der Waals surface area (Å²) in [5.41, 5.74) is 7.41. The van der Waals surface area contributed by atoms with Gasteiger partial charge in [-0.3, -0.25) is 18.2 Å². The van der Waals surface area contributed by atoms with Crippen molar-refractivity contribution in [2.24, 2.45) is 0 Å². The molecule has 9 rings (SSSR count). The van der Waals surface area contributed by atoms with Crippen LogP contribution in [0, 0.1) is 0 Å². The van der Waals surface area contributed by atoms with E-state index in [9.17, 15) is 51.9 Å². The molecule has 0 unspecified atom stereocenters. The molecule has 331 valence electrons. The van der Waals surface area contributed by atoms with Crippen LogP contribution in [-0.4, -0.2) is 71.8 Å². The van der Waals surface area contributed by atoms with Gasteiger partial charge in [-0.05, 0) is 119 Å². The minimum atomic E-state index is -4.55. The Balaban J connectivity index is 0.00000324. The predicted molar refractivity (Wildman–Crippen MR) is 241 cm³/mol. The molecule has 17 nitrogen and oxygen atoms in total. The van der Waals surface area contributed by atoms with Crippen molar-refractivity contribution < 1.29 is 75.9 Å². The third kappa shape index (κ3) is 9.23. The fourth-order valence-corrected chi connectivity index (χ4v) is 9.51. The van der Waals surface area contributed by atoms with Crippen molar-refractivity contribution in [1.29, 1.82) is 0 Å². The maximum absolute atomic E-state index is 12.0. The van der Waals surface area contributed by atoms with E-state index in [1.54, 1.807) is 48.6 Å². The van der Waals surface area contributed by atoms with Crippen molar-refractivity contribution in [3.8, 4) is 44.5 Å². The van der Waals surface area contributed by atoms with Crippen molar-refractivity contribution in [2.75, 3.05) is 0 Å². The first-order chi connectivity index (χ1) is 30.2. The Hall–Kier alpha value is -6.34. The van der Waals surface area contributed by atoms with Gasteiger partial charge in [0.2, 0.25) is 0 Å². The molecule has 6 N–H and O–H groups in total. The minimum absolute atomic E-state index is 0. The van der Waals surface area contributed by atoms with Crippen LogP contribution in [0.1, 0.15) is 22.8 Å². The van der Waals surface area contributed by atoms with Crippen LogP contribution >= 0.6 is 0 Å². The van der Waals surface area contributed by atoms with Gasteiger partial charge in [-0.25, -0.2) is 9.97 Å². The first-order valence-electron chi connectivity index (χ1n) is 18.7. The van der Waals surface area contributed by atoms with Gasteiger partial charge in [-0.2, -0.15) is 33.7 Å². The quantitative estimate of drug-likeness (QED) is 0.0782. The number of hydrogen-bond donors (Lipinski definition) is 6. The van der Waals surface area contributed by atoms with Crippen LogP contribution in [0.25, 0.3) is 90.9 Å². The maximum atomic E-state index is 12.0. The molecule has 4 aromatic carbocycles. The molecule has 8 bridgehead atoms. The Morgan fingerprint density at radius 2 is 0.530 bits per heavy atom. The fraction of sp³-hybridized carbons (Fsp3) is 0. The summed E-state index contributed by atoms with van der Waals surface area (Å²) in [5.74, 6) is 0. The predicted octanol–water partition coefficient (Wildman–Crippen LogP) is 8.19. The summed E-state index contributed by atoms with van der Waals surface area (Å²) in [6.45, 7) is 0. The van der Waals surface area contributed by atoms with Gasteiger partial charge in [0, 0.05) is 44.3 Å². The smallest absolute Gasteiger partial charge is 2.00 e. The molecule has 0 spiro atoms. The molecule has 0 atom stereocenters. The van der Waals surface area contributed by atoms with Gasteiger partial charge >= 0.3 is 18.6 Å². The Morgan fingerprint density at radius 1 is 0.318 bits per heavy atom. The Labute approximate surface area is 388 Å². The van der Waals surface area contributed by atoms with Gasteiger partial charge < -0.3 is 15.4 Å². The van der Waals surface area contributed by atoms with Crippen molar-refractivity contribution >= 4 is 86.8 Å². The largest absolute Gasteiger partial charge is 4.00 e. The molecule has 0 aliphatic carbocycles. The van der Waals surface area contributed by atoms with Crippen LogP contribution in [0.15, 0.2) is 141 Å². The molecule has 0 amide bonds. The fourth-order valence-electron chi connectivity index (χ4n) is 7.59. The number of nitrogens with zero attached hydrogens (tertiary/aromatic N) is 2. The molecule has 1 radical (unpaired) electrons. The van der Waals surface area contributed by atoms with E-state index in [1.807, 2.05) is 0 Å². The number of rotatable bonds is 8. The first kappa shape index (κ1) is 47.6. The number of H-pyrrole nitrogens is 2. The van der Waals surface area contributed by atoms with E-state index >= 15 is 0 Å². The van der Waals surface area contributed by atoms with Gasteiger partial charge in [0.05, 0.1) is 42.4 Å². The molecule has 5 heterocycles. The summed E-state index contributed by atoms with van der Waals surface area (Å²) in [7, 11) is -18.2. The average molecular weight is 1000 g/mol. The SMILES string of the molecule is O=S(=O)(O)c1ccc(-c2c3nc(c(-c4ccc(S(=O)(=O)O)cc4)c4ccc([nH]4)c(-c4ccc(S(=O)(=O)O)cc4)c4ccc([nH]4)c(-c4ccc(S(=O)(=O)O)cc4)c4nc2C=C4)C=C3)cc1.[O-2].[V+4]. The summed E-state index contributed by atoms with van der Waals surface area (Å²) in [4.78, 5) is 15.6. The maximum Gasteiger partial charge on any atom is 4.00 e. The van der Waals surface area contributed by atoms with Crippen molar-refractivity contribution in [1.82, 2.24) is 19.9 Å². The van der Waals surface area contributed by atoms with E-state index in [2.05, 4.69) is 9.97 Å². The van der Waals surface area contributed by atoms with Crippen LogP contribution in [0.2, 0.25) is 0 Å². The molecule has 7 aromatic rings. The number of benzene rings is 4. The van der Waals surface area contributed by atoms with Gasteiger partial charge in [0.25, 0.3) is 40.5 Å². The second-order valence-corrected chi connectivity index (χ2v) is 20.2. The van der Waals surface area contributed by atoms with Gasteiger partial charge in [-0.15, -0.1) is 0 Å². The zero-order chi connectivity index (χ0) is 45.3. The third-order valence-electron chi connectivity index (χ3n) is 10.5. The second-order valence-electron chi connectivity index (χ2n) is 14.5. The molecular weight excluding hydrogens is 972 g/mol. The Kier molecular flexibility index (Phi) is 12.6. The molecular formula is C44H30N4O13S4V+2. The van der Waals surface area contributed by atoms with E-state index < -0.39 is 40.5 Å². The standard InChI is InChI=1S/C44H30N4O12S4.O.V/c49-61(50,51)29-9-1-25(2-10-29)41-33-17-19-35(45-33)42(26-3-11-30(12-4-26)62(52,53)54)37-21-23-39(47-37)44(28-7-15-32(16-8-28)64(58,59)60)40-24-22-38(48-40)43(36-20-18-34(41)46-36)27-5-13-31(14-6-27)63(55,56)57;;/h1-24,45-46H,(H,49,50,51)(H,52,53,54)(H,55,56,57)(H,58,59,60);;/q;-2;+4. The van der Waals surface area contributed by atoms with Gasteiger partial charge in [0.15, 0.2) is 0 Å². The van der Waals surface area contributed by atoms with Crippen molar-refractivity contribution in [3.63, 3.8) is 0 Å². The normalized spacial score (nSPS) is 12.7. The molecule has 3 aromatic heterocycles. The third-order valence-corrected chi connectivity index (χ3v) is 14.0. The van der Waals surface area contributed by atoms with E-state index in [-0.39, 0.29) is 43.6 Å². The summed E-state index contributed by atoms with van der Waals surface area (Å²) < 4.78 is 135. The van der Waals surface area contributed by atoms with Gasteiger partial charge in [-0.1, -0.05) is 48.5 Å². The molecule has 0 saturated heterocycles. The minimum Gasteiger partial charge on any atom is -2.00 e. The molecule has 0 fully saturated rings. The van der Waals surface area contributed by atoms with Crippen LogP contribution in [0.4, 0.5) is 0 Å². The Morgan fingerprint density at radius 3 is 0.788 bits per heavy atom. The molecule has 2 aliphatic heterocycles. The van der Waals surface area contributed by atoms with E-state index in [0.717, 1.165) is 0 Å². The van der Waals surface area contributed by atoms with Crippen LogP contribution in [0.3, 0.4) is 0 Å². The molecule has 2 aliphatic rings. The topological polar surface area (TPSA) is 303 Å². The van der Waals surface area contributed by atoms with E-state index in [4.69, 9.17) is 9.97 Å². The van der Waals surface area contributed by atoms with Gasteiger partial charge in [0.1, 0.15) is 0 Å². The summed E-state index contributed by atoms with van der Waals surface area (Å²) in [6, 6.07) is 29.1. The molecule has 0 saturated carbocycles. The van der Waals surface area contributed by atoms with Crippen LogP contribution in [0.5, 0.6) is 0 Å². The number of aromatic nitrogens is 4. The summed E-state index contributed by atoms with van der Waals surface area (Å²) in [5, 5.41) is 0. The zero-order valence-corrected chi connectivity index (χ0v) is 38.0. The van der Waals surface area contributed by atoms with E-state index in [1.165, 1.54) is 97.1 Å². The monoisotopic (exact) mass is 1000 g/mol. The summed E-state index contributed by atoms with van der Waals surface area (Å²) >= 11 is 0. The summed E-state index contributed by atoms with van der Waals surface area (Å²) in [6.07, 6.45) is 6.88. The van der Waals surface area contributed by atoms with Crippen LogP contribution < -0.4 is 0 Å². The average Bonchev–Trinajstić information content (AvgIpc) is 4.08. The number of fused-ring (bicyclic) bond motifs is 8. The number of aromatic amines is 2. The van der Waals surface area contributed by atoms with E-state index in [0.29, 0.717) is 89.4 Å². The number of hydrogen-bond acceptors (Lipinski definition) is 10. The van der Waals surface area contributed by atoms with Crippen LogP contribution in [-0.2, 0) is 64.5 Å². The van der Waals surface area contributed by atoms with Crippen molar-refractivity contribution in [2.45, 2.75) is 19.6 Å². The zero-order valence-electron chi connectivity index (χ0n) is 33.3. The first-order valence-corrected chi connectivity index (χ1v) is 24.5. The second kappa shape index (κ2) is 17.5. The van der Waals surface area contributed by atoms with Crippen molar-refractivity contribution in [3.05, 3.63) is 144 Å². The molecule has 22 heteroatoms. The Bertz CT molecular complexity index is 3620. The molecule has 66 heavy (non-hydrogen) atoms. The number of nitrogens with one attached hydrogen (secondary N) is 2.